The molecule has 0 amide bonds. The van der Waals surface area contributed by atoms with Gasteiger partial charge in [-0.1, -0.05) is 32.9 Å². The molecule has 0 saturated heterocycles. The van der Waals surface area contributed by atoms with Crippen LogP contribution in [0.3, 0.4) is 0 Å². The molecule has 2 bridgehead atoms. The average molecular weight is 493 g/mol. The van der Waals surface area contributed by atoms with Gasteiger partial charge < -0.3 is 24.4 Å². The molecule has 3 rings (SSSR count). The zero-order valence-corrected chi connectivity index (χ0v) is 21.4. The lowest BCUT2D eigenvalue weighted by atomic mass is 9.49. The maximum absolute atomic E-state index is 13.8. The van der Waals surface area contributed by atoms with E-state index < -0.39 is 76.9 Å². The number of carbonyl (C=O) groups is 4. The van der Waals surface area contributed by atoms with E-state index in [2.05, 4.69) is 6.58 Å². The molecule has 194 valence electrons. The van der Waals surface area contributed by atoms with Crippen molar-refractivity contribution in [2.24, 2.45) is 22.7 Å². The first-order valence-electron chi connectivity index (χ1n) is 11.8. The van der Waals surface area contributed by atoms with Crippen LogP contribution >= 0.6 is 0 Å². The number of hydrogen-bond donors (Lipinski definition) is 2. The molecule has 8 atom stereocenters. The predicted molar refractivity (Wildman–Crippen MR) is 124 cm³/mol. The highest BCUT2D eigenvalue weighted by atomic mass is 16.6. The molecule has 0 spiro atoms. The molecule has 2 fully saturated rings. The number of aliphatic hydroxyl groups excluding tert-OH is 2. The minimum atomic E-state index is -1.55. The fourth-order valence-electron chi connectivity index (χ4n) is 6.90. The minimum absolute atomic E-state index is 0.114. The van der Waals surface area contributed by atoms with Gasteiger partial charge in [0.2, 0.25) is 0 Å². The Labute approximate surface area is 205 Å². The summed E-state index contributed by atoms with van der Waals surface area (Å²) in [5, 5.41) is 22.4. The molecule has 0 aliphatic heterocycles. The molecule has 35 heavy (non-hydrogen) atoms. The van der Waals surface area contributed by atoms with Crippen LogP contribution in [0.2, 0.25) is 0 Å². The van der Waals surface area contributed by atoms with Gasteiger partial charge in [0.05, 0.1) is 6.10 Å². The van der Waals surface area contributed by atoms with Gasteiger partial charge in [0.1, 0.15) is 24.4 Å². The van der Waals surface area contributed by atoms with Crippen molar-refractivity contribution in [2.75, 3.05) is 0 Å². The third-order valence-electron chi connectivity index (χ3n) is 8.00. The van der Waals surface area contributed by atoms with Crippen molar-refractivity contribution < 1.29 is 43.6 Å². The van der Waals surface area contributed by atoms with Crippen molar-refractivity contribution in [1.82, 2.24) is 0 Å². The first-order chi connectivity index (χ1) is 16.0. The number of ketones is 1. The number of esters is 3. The Hall–Kier alpha value is -2.52. The number of ether oxygens (including phenoxy) is 3. The molecule has 0 aromatic rings. The molecule has 0 heterocycles. The van der Waals surface area contributed by atoms with Gasteiger partial charge in [-0.15, -0.1) is 0 Å². The largest absolute Gasteiger partial charge is 0.462 e. The van der Waals surface area contributed by atoms with Crippen LogP contribution in [-0.2, 0) is 33.4 Å². The molecule has 3 aliphatic carbocycles. The van der Waals surface area contributed by atoms with Crippen LogP contribution in [0.1, 0.15) is 61.3 Å². The summed E-state index contributed by atoms with van der Waals surface area (Å²) in [6.07, 6.45) is -5.52. The quantitative estimate of drug-likeness (QED) is 0.344. The Morgan fingerprint density at radius 1 is 0.971 bits per heavy atom. The molecule has 0 radical (unpaired) electrons. The second kappa shape index (κ2) is 9.17. The van der Waals surface area contributed by atoms with E-state index in [9.17, 15) is 29.4 Å². The number of Topliss-reactive ketones (excluding diaryl/α,β-unsaturated/α-hetero) is 1. The molecular weight excluding hydrogens is 456 g/mol. The van der Waals surface area contributed by atoms with Crippen LogP contribution < -0.4 is 0 Å². The SMILES string of the molecule is C=C1[C@@H](OC(C)=O)[C@@H](O)C[C@@]2(C)[C@@H](O)C(=O)C3=C(C)C[C@H](OC(C)=O)[C@@H]([C@@H](OC(C)=O)[C@H]12)C3(C)C. The number of fused-ring (bicyclic) bond motifs is 3. The van der Waals surface area contributed by atoms with Crippen molar-refractivity contribution in [3.05, 3.63) is 23.3 Å². The minimum Gasteiger partial charge on any atom is -0.462 e. The Bertz CT molecular complexity index is 993. The van der Waals surface area contributed by atoms with Gasteiger partial charge in [0.15, 0.2) is 5.78 Å². The third-order valence-corrected chi connectivity index (χ3v) is 8.00. The van der Waals surface area contributed by atoms with Crippen LogP contribution in [0.15, 0.2) is 23.3 Å². The molecule has 9 nitrogen and oxygen atoms in total. The van der Waals surface area contributed by atoms with Crippen LogP contribution in [0, 0.1) is 22.7 Å². The van der Waals surface area contributed by atoms with E-state index in [0.29, 0.717) is 11.1 Å². The summed E-state index contributed by atoms with van der Waals surface area (Å²) < 4.78 is 17.0. The molecule has 3 aliphatic rings. The van der Waals surface area contributed by atoms with Gasteiger partial charge in [-0.3, -0.25) is 19.2 Å². The van der Waals surface area contributed by atoms with Crippen LogP contribution in [0.4, 0.5) is 0 Å². The topological polar surface area (TPSA) is 136 Å². The summed E-state index contributed by atoms with van der Waals surface area (Å²) in [7, 11) is 0. The molecular formula is C26H36O9. The van der Waals surface area contributed by atoms with Gasteiger partial charge in [-0.2, -0.15) is 0 Å². The van der Waals surface area contributed by atoms with E-state index in [4.69, 9.17) is 14.2 Å². The van der Waals surface area contributed by atoms with Crippen LogP contribution in [0.5, 0.6) is 0 Å². The number of rotatable bonds is 3. The monoisotopic (exact) mass is 492 g/mol. The van der Waals surface area contributed by atoms with Gasteiger partial charge >= 0.3 is 17.9 Å². The maximum atomic E-state index is 13.8. The number of hydrogen-bond acceptors (Lipinski definition) is 9. The van der Waals surface area contributed by atoms with Gasteiger partial charge in [-0.25, -0.2) is 0 Å². The Kier molecular flexibility index (Phi) is 7.09. The third kappa shape index (κ3) is 4.44. The van der Waals surface area contributed by atoms with Crippen LogP contribution in [-0.4, -0.2) is 64.4 Å². The van der Waals surface area contributed by atoms with Crippen LogP contribution in [0.25, 0.3) is 0 Å². The first kappa shape index (κ1) is 27.1. The average Bonchev–Trinajstić information content (AvgIpc) is 2.67. The molecule has 0 unspecified atom stereocenters. The zero-order chi connectivity index (χ0) is 26.6. The molecule has 2 saturated carbocycles. The van der Waals surface area contributed by atoms with Crippen molar-refractivity contribution in [3.8, 4) is 0 Å². The predicted octanol–water partition coefficient (Wildman–Crippen LogP) is 2.03. The van der Waals surface area contributed by atoms with Crippen molar-refractivity contribution >= 4 is 23.7 Å². The van der Waals surface area contributed by atoms with Gasteiger partial charge in [0.25, 0.3) is 0 Å². The van der Waals surface area contributed by atoms with Gasteiger partial charge in [0, 0.05) is 55.4 Å². The fraction of sp³-hybridized carbons (Fsp3) is 0.692. The van der Waals surface area contributed by atoms with E-state index in [0.717, 1.165) is 0 Å². The number of carbonyl (C=O) groups excluding carboxylic acids is 4. The molecule has 0 aromatic heterocycles. The maximum Gasteiger partial charge on any atom is 0.303 e. The summed E-state index contributed by atoms with van der Waals surface area (Å²) in [5.41, 5.74) is -0.972. The lowest BCUT2D eigenvalue weighted by Gasteiger charge is -2.58. The van der Waals surface area contributed by atoms with E-state index in [1.807, 2.05) is 0 Å². The standard InChI is InChI=1S/C26H36O9/c1-11-9-17(33-13(3)27)20-23(35-15(5)29)19-12(2)22(34-14(4)28)16(30)10-26(19,8)24(32)21(31)18(11)25(20,6)7/h16-17,19-20,22-24,30,32H,2,9-10H2,1,3-8H3/t16-,17-,19-,20-,22+,23-,24-,26+/m0/s1. The van der Waals surface area contributed by atoms with Crippen molar-refractivity contribution in [2.45, 2.75) is 91.8 Å². The molecule has 2 N–H and O–H groups in total. The second-order valence-corrected chi connectivity index (χ2v) is 11.0. The Morgan fingerprint density at radius 3 is 2.03 bits per heavy atom. The second-order valence-electron chi connectivity index (χ2n) is 11.0. The first-order valence-corrected chi connectivity index (χ1v) is 11.8. The van der Waals surface area contributed by atoms with E-state index in [1.54, 1.807) is 27.7 Å². The molecule has 0 aromatic carbocycles. The summed E-state index contributed by atoms with van der Waals surface area (Å²) >= 11 is 0. The molecule has 9 heteroatoms. The fourth-order valence-corrected chi connectivity index (χ4v) is 6.90. The van der Waals surface area contributed by atoms with E-state index >= 15 is 0 Å². The Morgan fingerprint density at radius 2 is 1.51 bits per heavy atom. The van der Waals surface area contributed by atoms with Crippen molar-refractivity contribution in [1.29, 1.82) is 0 Å². The lowest BCUT2D eigenvalue weighted by molar-refractivity contribution is -0.196. The lowest BCUT2D eigenvalue weighted by Crippen LogP contribution is -2.65. The summed E-state index contributed by atoms with van der Waals surface area (Å²) in [5.74, 6) is -3.82. The zero-order valence-electron chi connectivity index (χ0n) is 21.4. The van der Waals surface area contributed by atoms with E-state index in [-0.39, 0.29) is 18.4 Å². The summed E-state index contributed by atoms with van der Waals surface area (Å²) in [6.45, 7) is 14.9. The Balaban J connectivity index is 2.33. The highest BCUT2D eigenvalue weighted by molar-refractivity contribution is 6.01. The summed E-state index contributed by atoms with van der Waals surface area (Å²) in [6, 6.07) is 0. The highest BCUT2D eigenvalue weighted by Crippen LogP contribution is 2.59. The number of aliphatic hydroxyl groups is 2. The smallest absolute Gasteiger partial charge is 0.303 e. The summed E-state index contributed by atoms with van der Waals surface area (Å²) in [4.78, 5) is 50.1. The van der Waals surface area contributed by atoms with E-state index in [1.165, 1.54) is 20.8 Å². The normalized spacial score (nSPS) is 38.6. The van der Waals surface area contributed by atoms with Crippen molar-refractivity contribution in [3.63, 3.8) is 0 Å². The van der Waals surface area contributed by atoms with Gasteiger partial charge in [-0.05, 0) is 18.9 Å². The highest BCUT2D eigenvalue weighted by Gasteiger charge is 2.64.